The number of hydrogen-bond donors (Lipinski definition) is 1. The number of hydrogen-bond acceptors (Lipinski definition) is 2. The molecule has 1 aromatic heterocycles. The van der Waals surface area contributed by atoms with Crippen molar-refractivity contribution in [2.75, 3.05) is 0 Å². The molecule has 0 aliphatic carbocycles. The van der Waals surface area contributed by atoms with Gasteiger partial charge in [0.05, 0.1) is 0 Å². The van der Waals surface area contributed by atoms with Crippen LogP contribution in [0.4, 0.5) is 0 Å². The summed E-state index contributed by atoms with van der Waals surface area (Å²) in [5, 5.41) is 5.53. The fourth-order valence-electron chi connectivity index (χ4n) is 1.08. The van der Waals surface area contributed by atoms with Crippen LogP contribution in [-0.2, 0) is 0 Å². The van der Waals surface area contributed by atoms with E-state index in [-0.39, 0.29) is 0 Å². The molecular formula is C10H15NS. The van der Waals surface area contributed by atoms with Crippen molar-refractivity contribution in [3.05, 3.63) is 35.0 Å². The molecule has 0 saturated carbocycles. The Morgan fingerprint density at radius 1 is 1.58 bits per heavy atom. The second-order valence-electron chi connectivity index (χ2n) is 2.93. The Kier molecular flexibility index (Phi) is 3.50. The summed E-state index contributed by atoms with van der Waals surface area (Å²) in [5.74, 6) is 0. The average Bonchev–Trinajstić information content (AvgIpc) is 2.56. The molecule has 0 fully saturated rings. The Bertz CT molecular complexity index is 228. The quantitative estimate of drug-likeness (QED) is 0.704. The largest absolute Gasteiger partial charge is 0.303 e. The third-order valence-electron chi connectivity index (χ3n) is 1.84. The normalized spacial score (nSPS) is 15.5. The average molecular weight is 181 g/mol. The van der Waals surface area contributed by atoms with E-state index in [0.29, 0.717) is 12.1 Å². The molecule has 0 aliphatic rings. The summed E-state index contributed by atoms with van der Waals surface area (Å²) >= 11 is 1.79. The topological polar surface area (TPSA) is 12.0 Å². The summed E-state index contributed by atoms with van der Waals surface area (Å²) in [5.41, 5.74) is 0. The maximum absolute atomic E-state index is 3.74. The van der Waals surface area contributed by atoms with Crippen molar-refractivity contribution >= 4 is 11.3 Å². The predicted molar refractivity (Wildman–Crippen MR) is 55.5 cm³/mol. The first kappa shape index (κ1) is 9.49. The van der Waals surface area contributed by atoms with Crippen molar-refractivity contribution in [1.82, 2.24) is 5.32 Å². The van der Waals surface area contributed by atoms with Crippen LogP contribution in [0.1, 0.15) is 24.8 Å². The smallest absolute Gasteiger partial charge is 0.0390 e. The summed E-state index contributed by atoms with van der Waals surface area (Å²) in [7, 11) is 0. The Morgan fingerprint density at radius 3 is 2.83 bits per heavy atom. The van der Waals surface area contributed by atoms with E-state index in [0.717, 1.165) is 0 Å². The number of rotatable bonds is 4. The summed E-state index contributed by atoms with van der Waals surface area (Å²) in [6, 6.07) is 5.04. The first-order valence-electron chi connectivity index (χ1n) is 4.16. The molecule has 2 heteroatoms. The van der Waals surface area contributed by atoms with Gasteiger partial charge in [0.1, 0.15) is 0 Å². The van der Waals surface area contributed by atoms with Gasteiger partial charge < -0.3 is 5.32 Å². The lowest BCUT2D eigenvalue weighted by atomic mass is 10.2. The Balaban J connectivity index is 2.49. The van der Waals surface area contributed by atoms with E-state index < -0.39 is 0 Å². The van der Waals surface area contributed by atoms with Crippen LogP contribution in [0.5, 0.6) is 0 Å². The molecule has 1 unspecified atom stereocenters. The van der Waals surface area contributed by atoms with Crippen LogP contribution in [0, 0.1) is 0 Å². The van der Waals surface area contributed by atoms with Crippen LogP contribution in [0.15, 0.2) is 30.2 Å². The standard InChI is InChI=1S/C10H15NS/c1-4-8(2)11-9(3)10-6-5-7-12-10/h4-9,11H,1H2,2-3H3/t8?,9-/m0/s1. The number of thiophene rings is 1. The first-order valence-corrected chi connectivity index (χ1v) is 5.04. The van der Waals surface area contributed by atoms with Crippen molar-refractivity contribution < 1.29 is 0 Å². The van der Waals surface area contributed by atoms with Gasteiger partial charge in [0.2, 0.25) is 0 Å². The van der Waals surface area contributed by atoms with Gasteiger partial charge in [-0.1, -0.05) is 12.1 Å². The van der Waals surface area contributed by atoms with E-state index in [9.17, 15) is 0 Å². The molecule has 66 valence electrons. The van der Waals surface area contributed by atoms with Gasteiger partial charge in [0.15, 0.2) is 0 Å². The van der Waals surface area contributed by atoms with Crippen molar-refractivity contribution in [3.63, 3.8) is 0 Å². The highest BCUT2D eigenvalue weighted by Crippen LogP contribution is 2.18. The minimum Gasteiger partial charge on any atom is -0.303 e. The zero-order chi connectivity index (χ0) is 8.97. The monoisotopic (exact) mass is 181 g/mol. The molecule has 0 saturated heterocycles. The molecule has 1 rings (SSSR count). The Labute approximate surface area is 78.1 Å². The van der Waals surface area contributed by atoms with Crippen LogP contribution in [0.25, 0.3) is 0 Å². The first-order chi connectivity index (χ1) is 5.74. The van der Waals surface area contributed by atoms with Gasteiger partial charge in [-0.25, -0.2) is 0 Å². The second kappa shape index (κ2) is 4.43. The summed E-state index contributed by atoms with van der Waals surface area (Å²) < 4.78 is 0. The minimum absolute atomic E-state index is 0.377. The van der Waals surface area contributed by atoms with Gasteiger partial charge in [-0.2, -0.15) is 0 Å². The van der Waals surface area contributed by atoms with Crippen molar-refractivity contribution in [2.24, 2.45) is 0 Å². The molecule has 1 heterocycles. The SMILES string of the molecule is C=CC(C)N[C@@H](C)c1cccs1. The van der Waals surface area contributed by atoms with Gasteiger partial charge in [-0.15, -0.1) is 17.9 Å². The van der Waals surface area contributed by atoms with Crippen molar-refractivity contribution in [1.29, 1.82) is 0 Å². The highest BCUT2D eigenvalue weighted by Gasteiger charge is 2.06. The van der Waals surface area contributed by atoms with E-state index in [1.54, 1.807) is 11.3 Å². The molecule has 2 atom stereocenters. The summed E-state index contributed by atoms with van der Waals surface area (Å²) in [6.07, 6.45) is 1.92. The lowest BCUT2D eigenvalue weighted by Gasteiger charge is -2.15. The molecule has 0 bridgehead atoms. The van der Waals surface area contributed by atoms with E-state index >= 15 is 0 Å². The molecule has 0 aromatic carbocycles. The maximum Gasteiger partial charge on any atom is 0.0390 e. The van der Waals surface area contributed by atoms with E-state index in [2.05, 4.69) is 43.3 Å². The van der Waals surface area contributed by atoms with E-state index in [4.69, 9.17) is 0 Å². The maximum atomic E-state index is 3.74. The molecule has 1 N–H and O–H groups in total. The molecule has 0 aliphatic heterocycles. The van der Waals surface area contributed by atoms with E-state index in [1.165, 1.54) is 4.88 Å². The van der Waals surface area contributed by atoms with Gasteiger partial charge in [0.25, 0.3) is 0 Å². The Morgan fingerprint density at radius 2 is 2.33 bits per heavy atom. The van der Waals surface area contributed by atoms with Crippen molar-refractivity contribution in [2.45, 2.75) is 25.9 Å². The highest BCUT2D eigenvalue weighted by molar-refractivity contribution is 7.10. The molecule has 1 aromatic rings. The van der Waals surface area contributed by atoms with Crippen LogP contribution in [0.3, 0.4) is 0 Å². The third kappa shape index (κ3) is 2.47. The van der Waals surface area contributed by atoms with Crippen molar-refractivity contribution in [3.8, 4) is 0 Å². The lowest BCUT2D eigenvalue weighted by Crippen LogP contribution is -2.26. The van der Waals surface area contributed by atoms with Crippen LogP contribution >= 0.6 is 11.3 Å². The minimum atomic E-state index is 0.377. The molecule has 1 nitrogen and oxygen atoms in total. The fraction of sp³-hybridized carbons (Fsp3) is 0.400. The highest BCUT2D eigenvalue weighted by atomic mass is 32.1. The Hall–Kier alpha value is -0.600. The third-order valence-corrected chi connectivity index (χ3v) is 2.89. The van der Waals surface area contributed by atoms with Gasteiger partial charge in [-0.05, 0) is 25.3 Å². The summed E-state index contributed by atoms with van der Waals surface area (Å²) in [6.45, 7) is 8.02. The lowest BCUT2D eigenvalue weighted by molar-refractivity contribution is 0.544. The zero-order valence-electron chi connectivity index (χ0n) is 7.58. The predicted octanol–water partition coefficient (Wildman–Crippen LogP) is 2.97. The second-order valence-corrected chi connectivity index (χ2v) is 3.91. The van der Waals surface area contributed by atoms with Crippen LogP contribution < -0.4 is 5.32 Å². The van der Waals surface area contributed by atoms with E-state index in [1.807, 2.05) is 6.08 Å². The van der Waals surface area contributed by atoms with Gasteiger partial charge in [-0.3, -0.25) is 0 Å². The van der Waals surface area contributed by atoms with Crippen LogP contribution in [0.2, 0.25) is 0 Å². The van der Waals surface area contributed by atoms with Crippen LogP contribution in [-0.4, -0.2) is 6.04 Å². The molecule has 0 amide bonds. The molecule has 0 spiro atoms. The summed E-state index contributed by atoms with van der Waals surface area (Å²) in [4.78, 5) is 1.38. The molecule has 0 radical (unpaired) electrons. The zero-order valence-corrected chi connectivity index (χ0v) is 8.40. The molecular weight excluding hydrogens is 166 g/mol. The van der Waals surface area contributed by atoms with Gasteiger partial charge >= 0.3 is 0 Å². The van der Waals surface area contributed by atoms with Gasteiger partial charge in [0, 0.05) is 17.0 Å². The fourth-order valence-corrected chi connectivity index (χ4v) is 1.83. The number of nitrogens with one attached hydrogen (secondary N) is 1. The molecule has 12 heavy (non-hydrogen) atoms.